The van der Waals surface area contributed by atoms with Gasteiger partial charge < -0.3 is 19.8 Å². The van der Waals surface area contributed by atoms with Crippen LogP contribution in [0.1, 0.15) is 40.2 Å². The van der Waals surface area contributed by atoms with E-state index in [0.717, 1.165) is 25.8 Å². The summed E-state index contributed by atoms with van der Waals surface area (Å²) in [5, 5.41) is 4.11. The highest BCUT2D eigenvalue weighted by Gasteiger charge is 2.50. The van der Waals surface area contributed by atoms with Crippen LogP contribution in [0, 0.1) is 11.3 Å². The highest BCUT2D eigenvalue weighted by Crippen LogP contribution is 2.48. The fourth-order valence-electron chi connectivity index (χ4n) is 4.61. The van der Waals surface area contributed by atoms with E-state index in [1.165, 1.54) is 0 Å². The van der Waals surface area contributed by atoms with Crippen molar-refractivity contribution in [2.45, 2.75) is 19.3 Å². The fraction of sp³-hybridized carbons (Fsp3) is 0.474. The van der Waals surface area contributed by atoms with Gasteiger partial charge in [0.1, 0.15) is 11.4 Å². The van der Waals surface area contributed by atoms with Crippen LogP contribution in [0.2, 0.25) is 10.0 Å². The number of halogens is 2. The van der Waals surface area contributed by atoms with Gasteiger partial charge in [-0.05, 0) is 30.9 Å². The Morgan fingerprint density at radius 3 is 2.81 bits per heavy atom. The summed E-state index contributed by atoms with van der Waals surface area (Å²) in [6, 6.07) is 3.33. The van der Waals surface area contributed by atoms with Crippen molar-refractivity contribution in [3.05, 3.63) is 46.0 Å². The van der Waals surface area contributed by atoms with Gasteiger partial charge in [-0.1, -0.05) is 29.6 Å². The number of H-pyrrole nitrogens is 1. The maximum absolute atomic E-state index is 13.0. The molecule has 1 saturated heterocycles. The standard InChI is InChI=1S/C19H22Cl2N4O2/c1-24-9-14(21)6-16(24)18(27)25-8-12-3-2-4-19(12,11-25)10-23-17(26)15-5-13(20)7-22-15/h5-7,9,12,22H,2-4,8,10-11H2,1H3,(H,23,26)/t12-,19-/m0/s1. The number of nitrogens with zero attached hydrogens (tertiary/aromatic N) is 2. The summed E-state index contributed by atoms with van der Waals surface area (Å²) in [5.74, 6) is 0.242. The first-order chi connectivity index (χ1) is 12.9. The molecular formula is C19H22Cl2N4O2. The number of nitrogens with one attached hydrogen (secondary N) is 2. The molecule has 1 aliphatic carbocycles. The number of hydrogen-bond acceptors (Lipinski definition) is 2. The van der Waals surface area contributed by atoms with Crippen LogP contribution in [0.15, 0.2) is 24.5 Å². The summed E-state index contributed by atoms with van der Waals surface area (Å²) in [5.41, 5.74) is 0.993. The summed E-state index contributed by atoms with van der Waals surface area (Å²) in [6.07, 6.45) is 6.56. The number of likely N-dealkylation sites (tertiary alicyclic amines) is 1. The van der Waals surface area contributed by atoms with E-state index in [2.05, 4.69) is 10.3 Å². The molecule has 2 fully saturated rings. The van der Waals surface area contributed by atoms with Crippen molar-refractivity contribution in [3.8, 4) is 0 Å². The van der Waals surface area contributed by atoms with Crippen molar-refractivity contribution in [2.24, 2.45) is 18.4 Å². The number of rotatable bonds is 4. The molecule has 0 spiro atoms. The van der Waals surface area contributed by atoms with E-state index in [9.17, 15) is 9.59 Å². The second-order valence-electron chi connectivity index (χ2n) is 7.71. The molecule has 2 aliphatic rings. The third-order valence-electron chi connectivity index (χ3n) is 6.01. The maximum Gasteiger partial charge on any atom is 0.270 e. The number of aromatic nitrogens is 2. The molecule has 1 aliphatic heterocycles. The molecule has 2 aromatic rings. The Morgan fingerprint density at radius 1 is 1.33 bits per heavy atom. The molecule has 144 valence electrons. The predicted molar refractivity (Wildman–Crippen MR) is 104 cm³/mol. The minimum absolute atomic E-state index is 0.000603. The van der Waals surface area contributed by atoms with Gasteiger partial charge in [0, 0.05) is 44.5 Å². The van der Waals surface area contributed by atoms with Crippen LogP contribution in [0.5, 0.6) is 0 Å². The molecule has 8 heteroatoms. The van der Waals surface area contributed by atoms with Crippen molar-refractivity contribution in [1.29, 1.82) is 0 Å². The third kappa shape index (κ3) is 3.36. The third-order valence-corrected chi connectivity index (χ3v) is 6.44. The lowest BCUT2D eigenvalue weighted by Crippen LogP contribution is -2.41. The molecule has 6 nitrogen and oxygen atoms in total. The first-order valence-electron chi connectivity index (χ1n) is 9.11. The van der Waals surface area contributed by atoms with E-state index in [1.54, 1.807) is 29.1 Å². The van der Waals surface area contributed by atoms with Gasteiger partial charge in [0.05, 0.1) is 10.0 Å². The number of aromatic amines is 1. The van der Waals surface area contributed by atoms with Gasteiger partial charge in [-0.3, -0.25) is 9.59 Å². The van der Waals surface area contributed by atoms with Gasteiger partial charge in [-0.25, -0.2) is 0 Å². The van der Waals surface area contributed by atoms with E-state index in [4.69, 9.17) is 23.2 Å². The number of fused-ring (bicyclic) bond motifs is 1. The summed E-state index contributed by atoms with van der Waals surface area (Å²) in [6.45, 7) is 1.95. The molecule has 1 saturated carbocycles. The summed E-state index contributed by atoms with van der Waals surface area (Å²) >= 11 is 11.9. The normalized spacial score (nSPS) is 24.3. The van der Waals surface area contributed by atoms with Gasteiger partial charge in [-0.2, -0.15) is 0 Å². The van der Waals surface area contributed by atoms with E-state index in [0.29, 0.717) is 40.4 Å². The first kappa shape index (κ1) is 18.4. The highest BCUT2D eigenvalue weighted by molar-refractivity contribution is 6.31. The Kier molecular flexibility index (Phi) is 4.72. The first-order valence-corrected chi connectivity index (χ1v) is 9.87. The van der Waals surface area contributed by atoms with Crippen LogP contribution in [0.4, 0.5) is 0 Å². The predicted octanol–water partition coefficient (Wildman–Crippen LogP) is 3.33. The Hall–Kier alpha value is -1.92. The number of carbonyl (C=O) groups is 2. The Bertz CT molecular complexity index is 890. The number of hydrogen-bond donors (Lipinski definition) is 2. The summed E-state index contributed by atoms with van der Waals surface area (Å²) in [4.78, 5) is 30.1. The van der Waals surface area contributed by atoms with Gasteiger partial charge in [-0.15, -0.1) is 0 Å². The minimum Gasteiger partial charge on any atom is -0.356 e. The highest BCUT2D eigenvalue weighted by atomic mass is 35.5. The quantitative estimate of drug-likeness (QED) is 0.814. The number of carbonyl (C=O) groups excluding carboxylic acids is 2. The number of amides is 2. The second-order valence-corrected chi connectivity index (χ2v) is 8.58. The Labute approximate surface area is 167 Å². The monoisotopic (exact) mass is 408 g/mol. The Morgan fingerprint density at radius 2 is 2.15 bits per heavy atom. The SMILES string of the molecule is Cn1cc(Cl)cc1C(=O)N1C[C@@H]2CCC[C@]2(CNC(=O)c2cc(Cl)c[nH]2)C1. The van der Waals surface area contributed by atoms with Crippen molar-refractivity contribution in [3.63, 3.8) is 0 Å². The lowest BCUT2D eigenvalue weighted by atomic mass is 9.80. The molecule has 0 radical (unpaired) electrons. The average molecular weight is 409 g/mol. The molecule has 2 amide bonds. The summed E-state index contributed by atoms with van der Waals surface area (Å²) < 4.78 is 1.77. The molecule has 0 aromatic carbocycles. The van der Waals surface area contributed by atoms with Crippen molar-refractivity contribution in [2.75, 3.05) is 19.6 Å². The van der Waals surface area contributed by atoms with Gasteiger partial charge in [0.15, 0.2) is 0 Å². The smallest absolute Gasteiger partial charge is 0.270 e. The molecule has 2 aromatic heterocycles. The van der Waals surface area contributed by atoms with Gasteiger partial charge >= 0.3 is 0 Å². The van der Waals surface area contributed by atoms with Crippen LogP contribution in [-0.2, 0) is 7.05 Å². The lowest BCUT2D eigenvalue weighted by Gasteiger charge is -2.29. The molecule has 2 N–H and O–H groups in total. The molecule has 2 atom stereocenters. The van der Waals surface area contributed by atoms with Crippen molar-refractivity contribution < 1.29 is 9.59 Å². The van der Waals surface area contributed by atoms with Crippen LogP contribution in [0.25, 0.3) is 0 Å². The lowest BCUT2D eigenvalue weighted by molar-refractivity contribution is 0.0758. The molecule has 4 rings (SSSR count). The zero-order valence-corrected chi connectivity index (χ0v) is 16.6. The van der Waals surface area contributed by atoms with Crippen LogP contribution in [-0.4, -0.2) is 45.9 Å². The zero-order valence-electron chi connectivity index (χ0n) is 15.1. The van der Waals surface area contributed by atoms with E-state index in [1.807, 2.05) is 11.9 Å². The largest absolute Gasteiger partial charge is 0.356 e. The van der Waals surface area contributed by atoms with Crippen molar-refractivity contribution in [1.82, 2.24) is 19.8 Å². The van der Waals surface area contributed by atoms with Gasteiger partial charge in [0.25, 0.3) is 11.8 Å². The molecule has 27 heavy (non-hydrogen) atoms. The van der Waals surface area contributed by atoms with Gasteiger partial charge in [0.2, 0.25) is 0 Å². The average Bonchev–Trinajstić information content (AvgIpc) is 3.35. The molecule has 3 heterocycles. The zero-order chi connectivity index (χ0) is 19.2. The topological polar surface area (TPSA) is 70.1 Å². The molecular weight excluding hydrogens is 387 g/mol. The maximum atomic E-state index is 13.0. The molecule has 0 unspecified atom stereocenters. The van der Waals surface area contributed by atoms with Crippen LogP contribution >= 0.6 is 23.2 Å². The van der Waals surface area contributed by atoms with Crippen LogP contribution < -0.4 is 5.32 Å². The summed E-state index contributed by atoms with van der Waals surface area (Å²) in [7, 11) is 1.83. The number of aryl methyl sites for hydroxylation is 1. The second kappa shape index (κ2) is 6.91. The van der Waals surface area contributed by atoms with Crippen molar-refractivity contribution >= 4 is 35.0 Å². The van der Waals surface area contributed by atoms with E-state index >= 15 is 0 Å². The fourth-order valence-corrected chi connectivity index (χ4v) is 5.02. The van der Waals surface area contributed by atoms with Crippen LogP contribution in [0.3, 0.4) is 0 Å². The minimum atomic E-state index is -0.166. The van der Waals surface area contributed by atoms with E-state index < -0.39 is 0 Å². The van der Waals surface area contributed by atoms with E-state index in [-0.39, 0.29) is 17.2 Å². The molecule has 0 bridgehead atoms. The Balaban J connectivity index is 1.46.